The van der Waals surface area contributed by atoms with Gasteiger partial charge in [-0.2, -0.15) is 0 Å². The van der Waals surface area contributed by atoms with Crippen molar-refractivity contribution in [3.63, 3.8) is 0 Å². The molecule has 0 aliphatic carbocycles. The fraction of sp³-hybridized carbons (Fsp3) is 0.286. The molecule has 22 heavy (non-hydrogen) atoms. The molecule has 0 saturated carbocycles. The lowest BCUT2D eigenvalue weighted by molar-refractivity contribution is 0.0697. The van der Waals surface area contributed by atoms with Gasteiger partial charge >= 0.3 is 5.97 Å². The van der Waals surface area contributed by atoms with Gasteiger partial charge in [0.15, 0.2) is 16.0 Å². The summed E-state index contributed by atoms with van der Waals surface area (Å²) >= 11 is 7.11. The molecular formula is C14H15ClN2O4S. The Labute approximate surface area is 136 Å². The maximum atomic E-state index is 11.4. The Hall–Kier alpha value is -1.99. The number of benzene rings is 1. The second-order valence-corrected chi connectivity index (χ2v) is 5.92. The molecule has 0 fully saturated rings. The van der Waals surface area contributed by atoms with Gasteiger partial charge in [-0.1, -0.05) is 11.6 Å². The van der Waals surface area contributed by atoms with Crippen LogP contribution in [0, 0.1) is 0 Å². The molecule has 8 heteroatoms. The average molecular weight is 343 g/mol. The maximum absolute atomic E-state index is 11.4. The molecule has 0 radical (unpaired) electrons. The standard InChI is InChI=1S/C14H15ClN2O4S/c1-3-21-12-4-9(13(18)19)10(5-11(12)20-2)16-6-8-7-17-14(15)22-8/h4-5,7,16H,3,6H2,1-2H3,(H,18,19). The van der Waals surface area contributed by atoms with E-state index in [9.17, 15) is 9.90 Å². The average Bonchev–Trinajstić information content (AvgIpc) is 2.91. The minimum atomic E-state index is -1.05. The quantitative estimate of drug-likeness (QED) is 0.801. The van der Waals surface area contributed by atoms with Gasteiger partial charge < -0.3 is 19.9 Å². The Morgan fingerprint density at radius 1 is 1.45 bits per heavy atom. The van der Waals surface area contributed by atoms with Crippen molar-refractivity contribution in [3.05, 3.63) is 33.2 Å². The van der Waals surface area contributed by atoms with Crippen LogP contribution in [0.4, 0.5) is 5.69 Å². The minimum absolute atomic E-state index is 0.111. The first-order chi connectivity index (χ1) is 10.5. The number of anilines is 1. The van der Waals surface area contributed by atoms with Crippen LogP contribution in [-0.4, -0.2) is 29.8 Å². The highest BCUT2D eigenvalue weighted by Crippen LogP contribution is 2.34. The van der Waals surface area contributed by atoms with Crippen LogP contribution in [0.25, 0.3) is 0 Å². The summed E-state index contributed by atoms with van der Waals surface area (Å²) < 4.78 is 11.1. The zero-order chi connectivity index (χ0) is 16.1. The van der Waals surface area contributed by atoms with Crippen LogP contribution >= 0.6 is 22.9 Å². The van der Waals surface area contributed by atoms with Crippen molar-refractivity contribution in [1.82, 2.24) is 4.98 Å². The third kappa shape index (κ3) is 3.80. The number of methoxy groups -OCH3 is 1. The van der Waals surface area contributed by atoms with Crippen LogP contribution in [-0.2, 0) is 6.54 Å². The van der Waals surface area contributed by atoms with Crippen LogP contribution < -0.4 is 14.8 Å². The first-order valence-electron chi connectivity index (χ1n) is 6.47. The van der Waals surface area contributed by atoms with Gasteiger partial charge in [-0.05, 0) is 6.92 Å². The molecule has 1 heterocycles. The van der Waals surface area contributed by atoms with E-state index < -0.39 is 5.97 Å². The second kappa shape index (κ2) is 7.33. The Bertz CT molecular complexity index is 675. The number of carboxylic acid groups (broad SMARTS) is 1. The third-order valence-corrected chi connectivity index (χ3v) is 3.93. The van der Waals surface area contributed by atoms with Gasteiger partial charge in [0, 0.05) is 23.2 Å². The summed E-state index contributed by atoms with van der Waals surface area (Å²) in [5.41, 5.74) is 0.553. The minimum Gasteiger partial charge on any atom is -0.493 e. The topological polar surface area (TPSA) is 80.7 Å². The Balaban J connectivity index is 2.29. The number of carboxylic acids is 1. The van der Waals surface area contributed by atoms with Crippen LogP contribution in [0.1, 0.15) is 22.2 Å². The molecule has 1 aromatic heterocycles. The number of thiazole rings is 1. The van der Waals surface area contributed by atoms with Crippen molar-refractivity contribution in [2.24, 2.45) is 0 Å². The van der Waals surface area contributed by atoms with Crippen molar-refractivity contribution in [2.75, 3.05) is 19.0 Å². The molecule has 6 nitrogen and oxygen atoms in total. The maximum Gasteiger partial charge on any atom is 0.337 e. The zero-order valence-corrected chi connectivity index (χ0v) is 13.6. The molecule has 0 unspecified atom stereocenters. The van der Waals surface area contributed by atoms with Gasteiger partial charge in [0.2, 0.25) is 0 Å². The summed E-state index contributed by atoms with van der Waals surface area (Å²) in [6.07, 6.45) is 1.65. The lowest BCUT2D eigenvalue weighted by Crippen LogP contribution is -2.07. The number of nitrogens with one attached hydrogen (secondary N) is 1. The lowest BCUT2D eigenvalue weighted by Gasteiger charge is -2.14. The van der Waals surface area contributed by atoms with E-state index in [4.69, 9.17) is 21.1 Å². The van der Waals surface area contributed by atoms with Crippen molar-refractivity contribution >= 4 is 34.6 Å². The number of ether oxygens (including phenoxy) is 2. The largest absolute Gasteiger partial charge is 0.493 e. The van der Waals surface area contributed by atoms with Gasteiger partial charge in [-0.15, -0.1) is 11.3 Å². The van der Waals surface area contributed by atoms with E-state index >= 15 is 0 Å². The number of carbonyl (C=O) groups is 1. The van der Waals surface area contributed by atoms with E-state index in [1.807, 2.05) is 6.92 Å². The summed E-state index contributed by atoms with van der Waals surface area (Å²) in [6, 6.07) is 3.06. The molecule has 0 aliphatic heterocycles. The highest BCUT2D eigenvalue weighted by molar-refractivity contribution is 7.15. The van der Waals surface area contributed by atoms with Crippen molar-refractivity contribution in [3.8, 4) is 11.5 Å². The van der Waals surface area contributed by atoms with Crippen molar-refractivity contribution in [2.45, 2.75) is 13.5 Å². The molecule has 118 valence electrons. The molecule has 0 aliphatic rings. The number of aromatic carboxylic acids is 1. The summed E-state index contributed by atoms with van der Waals surface area (Å²) in [4.78, 5) is 16.3. The van der Waals surface area contributed by atoms with Crippen LogP contribution in [0.5, 0.6) is 11.5 Å². The molecule has 2 aromatic rings. The monoisotopic (exact) mass is 342 g/mol. The molecule has 0 bridgehead atoms. The number of rotatable bonds is 7. The normalized spacial score (nSPS) is 10.3. The van der Waals surface area contributed by atoms with Gasteiger partial charge in [0.05, 0.1) is 31.5 Å². The highest BCUT2D eigenvalue weighted by Gasteiger charge is 2.16. The number of halogens is 1. The molecule has 2 rings (SSSR count). The molecule has 0 atom stereocenters. The molecule has 2 N–H and O–H groups in total. The number of nitrogens with zero attached hydrogens (tertiary/aromatic N) is 1. The SMILES string of the molecule is CCOc1cc(C(=O)O)c(NCc2cnc(Cl)s2)cc1OC. The summed E-state index contributed by atoms with van der Waals surface area (Å²) in [6.45, 7) is 2.66. The van der Waals surface area contributed by atoms with Gasteiger partial charge in [-0.3, -0.25) is 0 Å². The summed E-state index contributed by atoms with van der Waals surface area (Å²) in [7, 11) is 1.50. The van der Waals surface area contributed by atoms with Crippen LogP contribution in [0.15, 0.2) is 18.3 Å². The summed E-state index contributed by atoms with van der Waals surface area (Å²) in [5, 5.41) is 12.4. The number of hydrogen-bond donors (Lipinski definition) is 2. The molecular weight excluding hydrogens is 328 g/mol. The fourth-order valence-electron chi connectivity index (χ4n) is 1.86. The molecule has 0 amide bonds. The van der Waals surface area contributed by atoms with E-state index in [1.165, 1.54) is 24.5 Å². The van der Waals surface area contributed by atoms with Gasteiger partial charge in [-0.25, -0.2) is 9.78 Å². The first-order valence-corrected chi connectivity index (χ1v) is 7.66. The first kappa shape index (κ1) is 16.4. The number of aromatic nitrogens is 1. The van der Waals surface area contributed by atoms with Gasteiger partial charge in [0.1, 0.15) is 0 Å². The smallest absolute Gasteiger partial charge is 0.337 e. The van der Waals surface area contributed by atoms with Gasteiger partial charge in [0.25, 0.3) is 0 Å². The van der Waals surface area contributed by atoms with E-state index in [1.54, 1.807) is 12.3 Å². The molecule has 1 aromatic carbocycles. The predicted molar refractivity (Wildman–Crippen MR) is 85.6 cm³/mol. The molecule has 0 spiro atoms. The zero-order valence-electron chi connectivity index (χ0n) is 12.1. The van der Waals surface area contributed by atoms with E-state index in [0.29, 0.717) is 34.8 Å². The molecule has 0 saturated heterocycles. The second-order valence-electron chi connectivity index (χ2n) is 4.22. The number of hydrogen-bond acceptors (Lipinski definition) is 6. The van der Waals surface area contributed by atoms with E-state index in [-0.39, 0.29) is 5.56 Å². The van der Waals surface area contributed by atoms with Crippen LogP contribution in [0.2, 0.25) is 4.47 Å². The summed E-state index contributed by atoms with van der Waals surface area (Å²) in [5.74, 6) is -0.182. The van der Waals surface area contributed by atoms with Crippen molar-refractivity contribution < 1.29 is 19.4 Å². The van der Waals surface area contributed by atoms with E-state index in [2.05, 4.69) is 10.3 Å². The Morgan fingerprint density at radius 3 is 2.77 bits per heavy atom. The Morgan fingerprint density at radius 2 is 2.23 bits per heavy atom. The van der Waals surface area contributed by atoms with Crippen molar-refractivity contribution in [1.29, 1.82) is 0 Å². The van der Waals surface area contributed by atoms with E-state index in [0.717, 1.165) is 4.88 Å². The predicted octanol–water partition coefficient (Wildman–Crippen LogP) is 3.51. The lowest BCUT2D eigenvalue weighted by atomic mass is 10.1. The fourth-order valence-corrected chi connectivity index (χ4v) is 2.78. The Kier molecular flexibility index (Phi) is 5.46. The van der Waals surface area contributed by atoms with Crippen LogP contribution in [0.3, 0.4) is 0 Å². The highest BCUT2D eigenvalue weighted by atomic mass is 35.5. The third-order valence-electron chi connectivity index (χ3n) is 2.81.